The zero-order valence-corrected chi connectivity index (χ0v) is 16.1. The number of hydrogen-bond acceptors (Lipinski definition) is 6. The van der Waals surface area contributed by atoms with Crippen LogP contribution in [0.3, 0.4) is 0 Å². The molecule has 11 heteroatoms. The number of rotatable bonds is 6. The lowest BCUT2D eigenvalue weighted by molar-refractivity contribution is -0.385. The minimum Gasteiger partial charge on any atom is -0.444 e. The minimum atomic E-state index is -0.506. The summed E-state index contributed by atoms with van der Waals surface area (Å²) in [5.74, 6) is 0.632. The first-order chi connectivity index (χ1) is 12.7. The Kier molecular flexibility index (Phi) is 6.59. The van der Waals surface area contributed by atoms with E-state index in [1.165, 1.54) is 17.1 Å². The molecule has 27 heavy (non-hydrogen) atoms. The van der Waals surface area contributed by atoms with E-state index in [0.717, 1.165) is 0 Å². The number of nitrogens with zero attached hydrogens (tertiary/aromatic N) is 5. The van der Waals surface area contributed by atoms with Crippen molar-refractivity contribution in [1.82, 2.24) is 25.3 Å². The highest BCUT2D eigenvalue weighted by molar-refractivity contribution is 5.80. The predicted octanol–water partition coefficient (Wildman–Crippen LogP) is 0.966. The maximum absolute atomic E-state index is 11.9. The van der Waals surface area contributed by atoms with Crippen LogP contribution >= 0.6 is 0 Å². The van der Waals surface area contributed by atoms with Gasteiger partial charge in [0.25, 0.3) is 0 Å². The Morgan fingerprint density at radius 1 is 1.48 bits per heavy atom. The second kappa shape index (κ2) is 8.69. The highest BCUT2D eigenvalue weighted by Crippen LogP contribution is 2.15. The zero-order valence-electron chi connectivity index (χ0n) is 16.1. The smallest absolute Gasteiger partial charge is 0.410 e. The molecule has 0 aromatic carbocycles. The van der Waals surface area contributed by atoms with Crippen LogP contribution in [0, 0.1) is 10.1 Å². The summed E-state index contributed by atoms with van der Waals surface area (Å²) in [7, 11) is 0. The van der Waals surface area contributed by atoms with Gasteiger partial charge < -0.3 is 20.3 Å². The monoisotopic (exact) mass is 381 g/mol. The Labute approximate surface area is 157 Å². The summed E-state index contributed by atoms with van der Waals surface area (Å²) in [6.45, 7) is 10.1. The van der Waals surface area contributed by atoms with Crippen molar-refractivity contribution in [3.05, 3.63) is 22.5 Å². The molecule has 0 spiro atoms. The van der Waals surface area contributed by atoms with Gasteiger partial charge in [-0.05, 0) is 27.7 Å². The van der Waals surface area contributed by atoms with Crippen molar-refractivity contribution in [2.75, 3.05) is 26.2 Å². The minimum absolute atomic E-state index is 0.0410. The quantitative estimate of drug-likeness (QED) is 0.325. The van der Waals surface area contributed by atoms with E-state index in [1.807, 2.05) is 27.7 Å². The van der Waals surface area contributed by atoms with Crippen molar-refractivity contribution >= 4 is 17.7 Å². The van der Waals surface area contributed by atoms with Gasteiger partial charge >= 0.3 is 11.8 Å². The van der Waals surface area contributed by atoms with Crippen molar-refractivity contribution in [3.8, 4) is 0 Å². The Hall–Kier alpha value is -2.85. The molecular formula is C16H27N7O4. The fourth-order valence-corrected chi connectivity index (χ4v) is 2.39. The molecule has 0 unspecified atom stereocenters. The van der Waals surface area contributed by atoms with Crippen LogP contribution in [-0.2, 0) is 11.3 Å². The van der Waals surface area contributed by atoms with Crippen molar-refractivity contribution in [1.29, 1.82) is 0 Å². The number of carbonyl (C=O) groups is 1. The summed E-state index contributed by atoms with van der Waals surface area (Å²) >= 11 is 0. The largest absolute Gasteiger partial charge is 0.444 e. The van der Waals surface area contributed by atoms with E-state index >= 15 is 0 Å². The van der Waals surface area contributed by atoms with Crippen LogP contribution in [0.5, 0.6) is 0 Å². The molecule has 1 amide bonds. The van der Waals surface area contributed by atoms with Crippen LogP contribution < -0.4 is 10.6 Å². The number of nitrogens with one attached hydrogen (secondary N) is 2. The standard InChI is InChI=1S/C16H27N7O4/c1-5-17-14(18-6-7-22-11-13(8-19-22)23(25)26)20-12-9-21(10-12)15(24)27-16(2,3)4/h8,11-12H,5-7,9-10H2,1-4H3,(H2,17,18,20). The van der Waals surface area contributed by atoms with Gasteiger partial charge in [0, 0.05) is 19.6 Å². The van der Waals surface area contributed by atoms with E-state index in [2.05, 4.69) is 20.7 Å². The number of hydrogen-bond donors (Lipinski definition) is 2. The van der Waals surface area contributed by atoms with Crippen LogP contribution in [0.2, 0.25) is 0 Å². The van der Waals surface area contributed by atoms with Gasteiger partial charge in [-0.1, -0.05) is 0 Å². The summed E-state index contributed by atoms with van der Waals surface area (Å²) in [6, 6.07) is 0.0982. The molecule has 1 aromatic rings. The average Bonchev–Trinajstić information content (AvgIpc) is 2.97. The maximum Gasteiger partial charge on any atom is 0.410 e. The molecule has 2 N–H and O–H groups in total. The van der Waals surface area contributed by atoms with Gasteiger partial charge in [0.2, 0.25) is 0 Å². The third-order valence-corrected chi connectivity index (χ3v) is 3.65. The van der Waals surface area contributed by atoms with Gasteiger partial charge in [0.1, 0.15) is 18.0 Å². The van der Waals surface area contributed by atoms with Gasteiger partial charge in [0.05, 0.1) is 24.1 Å². The molecule has 1 fully saturated rings. The lowest BCUT2D eigenvalue weighted by atomic mass is 10.1. The van der Waals surface area contributed by atoms with Crippen molar-refractivity contribution in [2.45, 2.75) is 45.9 Å². The van der Waals surface area contributed by atoms with Crippen LogP contribution in [-0.4, -0.2) is 69.5 Å². The predicted molar refractivity (Wildman–Crippen MR) is 99.6 cm³/mol. The van der Waals surface area contributed by atoms with Crippen molar-refractivity contribution in [3.63, 3.8) is 0 Å². The fraction of sp³-hybridized carbons (Fsp3) is 0.688. The van der Waals surface area contributed by atoms with Gasteiger partial charge in [0.15, 0.2) is 5.96 Å². The zero-order chi connectivity index (χ0) is 20.0. The summed E-state index contributed by atoms with van der Waals surface area (Å²) < 4.78 is 6.82. The number of aromatic nitrogens is 2. The molecule has 0 bridgehead atoms. The summed E-state index contributed by atoms with van der Waals surface area (Å²) in [4.78, 5) is 28.2. The summed E-state index contributed by atoms with van der Waals surface area (Å²) in [5, 5.41) is 21.0. The van der Waals surface area contributed by atoms with Gasteiger partial charge in [-0.15, -0.1) is 0 Å². The Morgan fingerprint density at radius 3 is 2.74 bits per heavy atom. The number of carbonyl (C=O) groups excluding carboxylic acids is 1. The lowest BCUT2D eigenvalue weighted by Gasteiger charge is -2.40. The van der Waals surface area contributed by atoms with Crippen LogP contribution in [0.1, 0.15) is 27.7 Å². The molecule has 1 aliphatic rings. The van der Waals surface area contributed by atoms with E-state index in [-0.39, 0.29) is 17.8 Å². The van der Waals surface area contributed by atoms with Crippen LogP contribution in [0.25, 0.3) is 0 Å². The third-order valence-electron chi connectivity index (χ3n) is 3.65. The molecule has 2 heterocycles. The molecule has 1 aliphatic heterocycles. The van der Waals surface area contributed by atoms with Gasteiger partial charge in [-0.2, -0.15) is 5.10 Å². The molecule has 0 aliphatic carbocycles. The molecule has 150 valence electrons. The molecule has 1 aromatic heterocycles. The number of guanidine groups is 1. The van der Waals surface area contributed by atoms with Crippen molar-refractivity contribution in [2.24, 2.45) is 4.99 Å². The SMILES string of the molecule is CCNC(=NCCn1cc([N+](=O)[O-])cn1)NC1CN(C(=O)OC(C)(C)C)C1. The number of aliphatic imine (C=N–C) groups is 1. The number of likely N-dealkylation sites (tertiary alicyclic amines) is 1. The molecule has 11 nitrogen and oxygen atoms in total. The van der Waals surface area contributed by atoms with E-state index in [9.17, 15) is 14.9 Å². The maximum atomic E-state index is 11.9. The Bertz CT molecular complexity index is 689. The first-order valence-electron chi connectivity index (χ1n) is 8.87. The van der Waals surface area contributed by atoms with Gasteiger partial charge in [-0.3, -0.25) is 19.8 Å². The molecule has 2 rings (SSSR count). The first-order valence-corrected chi connectivity index (χ1v) is 8.87. The highest BCUT2D eigenvalue weighted by atomic mass is 16.6. The van der Waals surface area contributed by atoms with E-state index < -0.39 is 10.5 Å². The Morgan fingerprint density at radius 2 is 2.19 bits per heavy atom. The average molecular weight is 381 g/mol. The van der Waals surface area contributed by atoms with Crippen LogP contribution in [0.15, 0.2) is 17.4 Å². The molecule has 1 saturated heterocycles. The number of nitro groups is 1. The number of ether oxygens (including phenoxy) is 1. The second-order valence-electron chi connectivity index (χ2n) is 7.21. The van der Waals surface area contributed by atoms with Gasteiger partial charge in [-0.25, -0.2) is 4.79 Å². The molecule has 0 saturated carbocycles. The van der Waals surface area contributed by atoms with Crippen molar-refractivity contribution < 1.29 is 14.5 Å². The van der Waals surface area contributed by atoms with E-state index in [0.29, 0.717) is 38.7 Å². The highest BCUT2D eigenvalue weighted by Gasteiger charge is 2.34. The Balaban J connectivity index is 1.79. The molecule has 0 radical (unpaired) electrons. The summed E-state index contributed by atoms with van der Waals surface area (Å²) in [6.07, 6.45) is 2.27. The summed E-state index contributed by atoms with van der Waals surface area (Å²) in [5.41, 5.74) is -0.547. The second-order valence-corrected chi connectivity index (χ2v) is 7.21. The topological polar surface area (TPSA) is 127 Å². The first kappa shape index (κ1) is 20.5. The van der Waals surface area contributed by atoms with E-state index in [1.54, 1.807) is 4.90 Å². The third kappa shape index (κ3) is 6.42. The normalized spacial score (nSPS) is 15.3. The van der Waals surface area contributed by atoms with E-state index in [4.69, 9.17) is 4.74 Å². The van der Waals surface area contributed by atoms with Crippen LogP contribution in [0.4, 0.5) is 10.5 Å². The lowest BCUT2D eigenvalue weighted by Crippen LogP contribution is -2.63. The fourth-order valence-electron chi connectivity index (χ4n) is 2.39. The molecular weight excluding hydrogens is 354 g/mol. The molecule has 0 atom stereocenters. The number of amides is 1.